The van der Waals surface area contributed by atoms with E-state index in [1.807, 2.05) is 0 Å². The number of ether oxygens (including phenoxy) is 1. The first-order chi connectivity index (χ1) is 7.05. The second kappa shape index (κ2) is 3.87. The molecule has 0 N–H and O–H groups in total. The lowest BCUT2D eigenvalue weighted by Gasteiger charge is -2.23. The number of sulfone groups is 1. The van der Waals surface area contributed by atoms with Gasteiger partial charge < -0.3 is 9.53 Å². The number of carbonyl (C=O) groups excluding carboxylic acids is 1. The third-order valence-electron chi connectivity index (χ3n) is 3.39. The van der Waals surface area contributed by atoms with Crippen molar-refractivity contribution in [2.75, 3.05) is 24.7 Å². The van der Waals surface area contributed by atoms with Crippen LogP contribution >= 0.6 is 0 Å². The molecule has 0 aliphatic carbocycles. The van der Waals surface area contributed by atoms with E-state index in [2.05, 4.69) is 0 Å². The summed E-state index contributed by atoms with van der Waals surface area (Å²) in [4.78, 5) is 11.1. The Morgan fingerprint density at radius 1 is 1.47 bits per heavy atom. The van der Waals surface area contributed by atoms with Gasteiger partial charge in [0.25, 0.3) is 0 Å². The van der Waals surface area contributed by atoms with Crippen LogP contribution in [0.3, 0.4) is 0 Å². The number of carbonyl (C=O) groups is 1. The van der Waals surface area contributed by atoms with E-state index in [4.69, 9.17) is 4.74 Å². The van der Waals surface area contributed by atoms with Gasteiger partial charge >= 0.3 is 0 Å². The van der Waals surface area contributed by atoms with Gasteiger partial charge in [0.05, 0.1) is 11.5 Å². The van der Waals surface area contributed by atoms with E-state index in [1.54, 1.807) is 0 Å². The van der Waals surface area contributed by atoms with Gasteiger partial charge in [0.15, 0.2) is 9.84 Å². The molecule has 2 heterocycles. The number of rotatable bonds is 3. The quantitative estimate of drug-likeness (QED) is 0.661. The lowest BCUT2D eigenvalue weighted by Crippen LogP contribution is -2.27. The summed E-state index contributed by atoms with van der Waals surface area (Å²) in [5, 5.41) is 0. The molecular weight excluding hydrogens is 216 g/mol. The average molecular weight is 232 g/mol. The Labute approximate surface area is 89.9 Å². The highest BCUT2D eigenvalue weighted by Crippen LogP contribution is 2.38. The van der Waals surface area contributed by atoms with Crippen LogP contribution in [0.1, 0.15) is 19.3 Å². The SMILES string of the molecule is O=CC1(CC2CCOC2)CCS(=O)(=O)C1. The molecule has 0 amide bonds. The molecule has 2 aliphatic rings. The average Bonchev–Trinajstić information content (AvgIpc) is 2.75. The number of aldehydes is 1. The molecule has 0 aromatic carbocycles. The van der Waals surface area contributed by atoms with Gasteiger partial charge in [-0.05, 0) is 25.2 Å². The van der Waals surface area contributed by atoms with E-state index in [1.165, 1.54) is 0 Å². The normalized spacial score (nSPS) is 39.3. The van der Waals surface area contributed by atoms with Crippen LogP contribution in [0.4, 0.5) is 0 Å². The molecule has 2 aliphatic heterocycles. The van der Waals surface area contributed by atoms with Gasteiger partial charge in [0, 0.05) is 18.6 Å². The fourth-order valence-corrected chi connectivity index (χ4v) is 4.63. The molecule has 86 valence electrons. The van der Waals surface area contributed by atoms with Crippen molar-refractivity contribution in [2.24, 2.45) is 11.3 Å². The molecule has 2 fully saturated rings. The minimum Gasteiger partial charge on any atom is -0.381 e. The minimum absolute atomic E-state index is 0.0417. The predicted octanol–water partition coefficient (Wildman–Crippen LogP) is 0.417. The van der Waals surface area contributed by atoms with Gasteiger partial charge in [-0.2, -0.15) is 0 Å². The molecule has 4 nitrogen and oxygen atoms in total. The maximum Gasteiger partial charge on any atom is 0.151 e. The zero-order chi connectivity index (χ0) is 10.9. The van der Waals surface area contributed by atoms with Crippen LogP contribution in [0.5, 0.6) is 0 Å². The highest BCUT2D eigenvalue weighted by atomic mass is 32.2. The third kappa shape index (κ3) is 2.39. The van der Waals surface area contributed by atoms with Crippen molar-refractivity contribution in [3.63, 3.8) is 0 Å². The Morgan fingerprint density at radius 2 is 2.27 bits per heavy atom. The summed E-state index contributed by atoms with van der Waals surface area (Å²) in [7, 11) is -2.98. The molecule has 15 heavy (non-hydrogen) atoms. The lowest BCUT2D eigenvalue weighted by molar-refractivity contribution is -0.115. The molecule has 0 aromatic rings. The van der Waals surface area contributed by atoms with Crippen molar-refractivity contribution in [3.05, 3.63) is 0 Å². The number of hydrogen-bond donors (Lipinski definition) is 0. The molecule has 0 spiro atoms. The Bertz CT molecular complexity index is 342. The van der Waals surface area contributed by atoms with Crippen molar-refractivity contribution in [1.82, 2.24) is 0 Å². The summed E-state index contributed by atoms with van der Waals surface area (Å²) < 4.78 is 28.0. The summed E-state index contributed by atoms with van der Waals surface area (Å²) in [6, 6.07) is 0. The summed E-state index contributed by atoms with van der Waals surface area (Å²) in [6.07, 6.45) is 2.98. The first-order valence-electron chi connectivity index (χ1n) is 5.30. The molecule has 2 unspecified atom stereocenters. The summed E-state index contributed by atoms with van der Waals surface area (Å²) in [6.45, 7) is 1.42. The van der Waals surface area contributed by atoms with Crippen molar-refractivity contribution < 1.29 is 17.9 Å². The number of hydrogen-bond acceptors (Lipinski definition) is 4. The minimum atomic E-state index is -2.98. The Hall–Kier alpha value is -0.420. The smallest absolute Gasteiger partial charge is 0.151 e. The molecule has 2 saturated heterocycles. The lowest BCUT2D eigenvalue weighted by atomic mass is 9.80. The first kappa shape index (κ1) is 11.1. The largest absolute Gasteiger partial charge is 0.381 e. The van der Waals surface area contributed by atoms with Gasteiger partial charge in [0.2, 0.25) is 0 Å². The van der Waals surface area contributed by atoms with Crippen LogP contribution in [0.15, 0.2) is 0 Å². The first-order valence-corrected chi connectivity index (χ1v) is 7.12. The molecule has 2 rings (SSSR count). The second-order valence-corrected chi connectivity index (χ2v) is 6.94. The summed E-state index contributed by atoms with van der Waals surface area (Å²) in [5.41, 5.74) is -0.614. The van der Waals surface area contributed by atoms with Crippen LogP contribution < -0.4 is 0 Å². The van der Waals surface area contributed by atoms with E-state index in [0.29, 0.717) is 25.4 Å². The van der Waals surface area contributed by atoms with E-state index < -0.39 is 15.3 Å². The van der Waals surface area contributed by atoms with Crippen molar-refractivity contribution >= 4 is 16.1 Å². The standard InChI is InChI=1S/C10H16O4S/c11-7-10(2-4-15(12,13)8-10)5-9-1-3-14-6-9/h7,9H,1-6,8H2. The molecule has 0 bridgehead atoms. The van der Waals surface area contributed by atoms with E-state index in [0.717, 1.165) is 19.3 Å². The molecule has 0 aromatic heterocycles. The van der Waals surface area contributed by atoms with E-state index >= 15 is 0 Å². The van der Waals surface area contributed by atoms with Crippen LogP contribution in [0.25, 0.3) is 0 Å². The monoisotopic (exact) mass is 232 g/mol. The fraction of sp³-hybridized carbons (Fsp3) is 0.900. The van der Waals surface area contributed by atoms with Crippen molar-refractivity contribution in [2.45, 2.75) is 19.3 Å². The molecule has 0 saturated carbocycles. The van der Waals surface area contributed by atoms with Crippen LogP contribution in [0, 0.1) is 11.3 Å². The second-order valence-electron chi connectivity index (χ2n) is 4.76. The fourth-order valence-electron chi connectivity index (χ4n) is 2.56. The maximum atomic E-state index is 11.4. The predicted molar refractivity (Wildman–Crippen MR) is 55.3 cm³/mol. The topological polar surface area (TPSA) is 60.4 Å². The van der Waals surface area contributed by atoms with Crippen LogP contribution in [-0.2, 0) is 19.4 Å². The summed E-state index contributed by atoms with van der Waals surface area (Å²) >= 11 is 0. The zero-order valence-corrected chi connectivity index (χ0v) is 9.46. The van der Waals surface area contributed by atoms with Crippen molar-refractivity contribution in [3.8, 4) is 0 Å². The van der Waals surface area contributed by atoms with Gasteiger partial charge in [-0.1, -0.05) is 0 Å². The highest BCUT2D eigenvalue weighted by Gasteiger charge is 2.43. The molecule has 0 radical (unpaired) electrons. The van der Waals surface area contributed by atoms with Gasteiger partial charge in [0.1, 0.15) is 6.29 Å². The third-order valence-corrected chi connectivity index (χ3v) is 5.23. The van der Waals surface area contributed by atoms with Gasteiger partial charge in [-0.15, -0.1) is 0 Å². The Balaban J connectivity index is 2.06. The maximum absolute atomic E-state index is 11.4. The summed E-state index contributed by atoms with van der Waals surface area (Å²) in [5.74, 6) is 0.572. The van der Waals surface area contributed by atoms with Gasteiger partial charge in [-0.25, -0.2) is 8.42 Å². The van der Waals surface area contributed by atoms with E-state index in [-0.39, 0.29) is 11.5 Å². The van der Waals surface area contributed by atoms with Crippen LogP contribution in [-0.4, -0.2) is 39.4 Å². The van der Waals surface area contributed by atoms with E-state index in [9.17, 15) is 13.2 Å². The molecule has 2 atom stereocenters. The highest BCUT2D eigenvalue weighted by molar-refractivity contribution is 7.91. The zero-order valence-electron chi connectivity index (χ0n) is 8.65. The Kier molecular flexibility index (Phi) is 2.85. The van der Waals surface area contributed by atoms with Crippen LogP contribution in [0.2, 0.25) is 0 Å². The van der Waals surface area contributed by atoms with Gasteiger partial charge in [-0.3, -0.25) is 0 Å². The molecular formula is C10H16O4S. The van der Waals surface area contributed by atoms with Crippen molar-refractivity contribution in [1.29, 1.82) is 0 Å². The molecule has 5 heteroatoms. The Morgan fingerprint density at radius 3 is 2.73 bits per heavy atom.